The van der Waals surface area contributed by atoms with Gasteiger partial charge in [0.1, 0.15) is 17.5 Å². The molecule has 0 atom stereocenters. The summed E-state index contributed by atoms with van der Waals surface area (Å²) in [5.74, 6) is -1.02. The van der Waals surface area contributed by atoms with E-state index < -0.39 is 11.7 Å². The summed E-state index contributed by atoms with van der Waals surface area (Å²) in [6, 6.07) is 15.0. The normalized spacial score (nSPS) is 10.7. The Morgan fingerprint density at radius 1 is 1.14 bits per heavy atom. The molecule has 0 unspecified atom stereocenters. The number of hydrogen-bond acceptors (Lipinski definition) is 3. The zero-order valence-corrected chi connectivity index (χ0v) is 11.9. The molecule has 110 valence electrons. The zero-order chi connectivity index (χ0) is 15.9. The van der Waals surface area contributed by atoms with Crippen molar-refractivity contribution in [3.8, 4) is 6.07 Å². The van der Waals surface area contributed by atoms with Crippen LogP contribution < -0.4 is 10.6 Å². The van der Waals surface area contributed by atoms with Crippen LogP contribution in [0, 0.1) is 24.1 Å². The number of hydrogen-bond donors (Lipinski definition) is 2. The number of carbonyl (C=O) groups excluding carboxylic acids is 1. The fourth-order valence-corrected chi connectivity index (χ4v) is 1.78. The molecule has 0 saturated heterocycles. The van der Waals surface area contributed by atoms with Gasteiger partial charge >= 0.3 is 0 Å². The van der Waals surface area contributed by atoms with Crippen molar-refractivity contribution in [2.45, 2.75) is 6.92 Å². The average Bonchev–Trinajstić information content (AvgIpc) is 2.52. The van der Waals surface area contributed by atoms with E-state index >= 15 is 0 Å². The first-order valence-corrected chi connectivity index (χ1v) is 6.60. The molecule has 0 aromatic heterocycles. The minimum Gasteiger partial charge on any atom is -0.358 e. The Morgan fingerprint density at radius 2 is 1.77 bits per heavy atom. The molecule has 1 amide bonds. The summed E-state index contributed by atoms with van der Waals surface area (Å²) < 4.78 is 13.5. The molecule has 0 radical (unpaired) electrons. The van der Waals surface area contributed by atoms with Crippen molar-refractivity contribution in [3.63, 3.8) is 0 Å². The predicted molar refractivity (Wildman–Crippen MR) is 83.5 cm³/mol. The third-order valence-corrected chi connectivity index (χ3v) is 3.00. The second-order valence-electron chi connectivity index (χ2n) is 4.56. The molecule has 0 aliphatic rings. The second-order valence-corrected chi connectivity index (χ2v) is 4.56. The highest BCUT2D eigenvalue weighted by molar-refractivity contribution is 6.07. The van der Waals surface area contributed by atoms with Crippen LogP contribution in [0.25, 0.3) is 0 Å². The Balaban J connectivity index is 2.13. The van der Waals surface area contributed by atoms with E-state index in [2.05, 4.69) is 10.6 Å². The number of halogens is 1. The standard InChI is InChI=1S/C17H14FN3O/c1-12-6-2-4-8-15(12)21-17(22)13(10-19)11-20-16-9-5-3-7-14(16)18/h2-9,11,20H,1H3,(H,21,22)/b13-11-. The van der Waals surface area contributed by atoms with E-state index in [0.29, 0.717) is 5.69 Å². The highest BCUT2D eigenvalue weighted by atomic mass is 19.1. The first kappa shape index (κ1) is 15.3. The van der Waals surface area contributed by atoms with Gasteiger partial charge in [-0.15, -0.1) is 0 Å². The molecule has 0 heterocycles. The van der Waals surface area contributed by atoms with Crippen LogP contribution >= 0.6 is 0 Å². The first-order chi connectivity index (χ1) is 10.6. The summed E-state index contributed by atoms with van der Waals surface area (Å²) in [6.45, 7) is 1.85. The molecule has 2 rings (SSSR count). The third kappa shape index (κ3) is 3.70. The number of carbonyl (C=O) groups is 1. The van der Waals surface area contributed by atoms with Crippen molar-refractivity contribution in [1.29, 1.82) is 5.26 Å². The minimum absolute atomic E-state index is 0.147. The van der Waals surface area contributed by atoms with Crippen LogP contribution in [-0.2, 0) is 4.79 Å². The number of nitrogens with zero attached hydrogens (tertiary/aromatic N) is 1. The van der Waals surface area contributed by atoms with Crippen molar-refractivity contribution in [1.82, 2.24) is 0 Å². The molecule has 0 fully saturated rings. The fourth-order valence-electron chi connectivity index (χ4n) is 1.78. The highest BCUT2D eigenvalue weighted by Gasteiger charge is 2.10. The largest absolute Gasteiger partial charge is 0.358 e. The number of aryl methyl sites for hydroxylation is 1. The molecule has 0 aliphatic carbocycles. The fraction of sp³-hybridized carbons (Fsp3) is 0.0588. The molecular formula is C17H14FN3O. The third-order valence-electron chi connectivity index (χ3n) is 3.00. The number of nitriles is 1. The van der Waals surface area contributed by atoms with Gasteiger partial charge < -0.3 is 10.6 Å². The van der Waals surface area contributed by atoms with E-state index in [1.165, 1.54) is 18.3 Å². The predicted octanol–water partition coefficient (Wildman–Crippen LogP) is 3.59. The van der Waals surface area contributed by atoms with E-state index in [9.17, 15) is 9.18 Å². The Bertz CT molecular complexity index is 762. The van der Waals surface area contributed by atoms with Gasteiger partial charge in [-0.05, 0) is 30.7 Å². The molecular weight excluding hydrogens is 281 g/mol. The van der Waals surface area contributed by atoms with Crippen LogP contribution in [-0.4, -0.2) is 5.91 Å². The Kier molecular flexibility index (Phi) is 4.89. The van der Waals surface area contributed by atoms with Crippen LogP contribution in [0.3, 0.4) is 0 Å². The molecule has 0 aliphatic heterocycles. The van der Waals surface area contributed by atoms with Crippen molar-refractivity contribution in [3.05, 3.63) is 71.7 Å². The number of anilines is 2. The van der Waals surface area contributed by atoms with Gasteiger partial charge in [0, 0.05) is 11.9 Å². The van der Waals surface area contributed by atoms with E-state index in [4.69, 9.17) is 5.26 Å². The number of amides is 1. The molecule has 0 spiro atoms. The summed E-state index contributed by atoms with van der Waals surface area (Å²) in [6.07, 6.45) is 1.19. The van der Waals surface area contributed by atoms with Crippen LogP contribution in [0.4, 0.5) is 15.8 Å². The summed E-state index contributed by atoms with van der Waals surface area (Å²) in [5.41, 5.74) is 1.56. The maximum atomic E-state index is 13.5. The summed E-state index contributed by atoms with van der Waals surface area (Å²) in [5, 5.41) is 14.4. The lowest BCUT2D eigenvalue weighted by Gasteiger charge is -2.08. The number of benzene rings is 2. The van der Waals surface area contributed by atoms with Crippen molar-refractivity contribution >= 4 is 17.3 Å². The lowest BCUT2D eigenvalue weighted by molar-refractivity contribution is -0.112. The van der Waals surface area contributed by atoms with Crippen LogP contribution in [0.5, 0.6) is 0 Å². The lowest BCUT2D eigenvalue weighted by Crippen LogP contribution is -2.15. The number of para-hydroxylation sites is 2. The Hall–Kier alpha value is -3.13. The number of rotatable bonds is 4. The van der Waals surface area contributed by atoms with Gasteiger partial charge in [0.15, 0.2) is 0 Å². The Labute approximate surface area is 127 Å². The molecule has 2 N–H and O–H groups in total. The smallest absolute Gasteiger partial charge is 0.267 e. The van der Waals surface area contributed by atoms with E-state index in [0.717, 1.165) is 5.56 Å². The van der Waals surface area contributed by atoms with Gasteiger partial charge in [0.25, 0.3) is 5.91 Å². The maximum absolute atomic E-state index is 13.5. The van der Waals surface area contributed by atoms with Gasteiger partial charge in [-0.3, -0.25) is 4.79 Å². The van der Waals surface area contributed by atoms with Gasteiger partial charge in [0.2, 0.25) is 0 Å². The molecule has 0 saturated carbocycles. The van der Waals surface area contributed by atoms with Crippen LogP contribution in [0.2, 0.25) is 0 Å². The lowest BCUT2D eigenvalue weighted by atomic mass is 10.2. The topological polar surface area (TPSA) is 64.9 Å². The summed E-state index contributed by atoms with van der Waals surface area (Å²) in [7, 11) is 0. The summed E-state index contributed by atoms with van der Waals surface area (Å²) in [4.78, 5) is 12.1. The molecule has 5 heteroatoms. The van der Waals surface area contributed by atoms with Gasteiger partial charge in [-0.25, -0.2) is 4.39 Å². The number of nitrogens with one attached hydrogen (secondary N) is 2. The zero-order valence-electron chi connectivity index (χ0n) is 11.9. The molecule has 2 aromatic rings. The SMILES string of the molecule is Cc1ccccc1NC(=O)/C(C#N)=C\Nc1ccccc1F. The van der Waals surface area contributed by atoms with E-state index in [-0.39, 0.29) is 11.3 Å². The highest BCUT2D eigenvalue weighted by Crippen LogP contribution is 2.15. The van der Waals surface area contributed by atoms with Gasteiger partial charge in [0.05, 0.1) is 5.69 Å². The molecule has 0 bridgehead atoms. The van der Waals surface area contributed by atoms with E-state index in [1.54, 1.807) is 30.3 Å². The second kappa shape index (κ2) is 7.04. The monoisotopic (exact) mass is 295 g/mol. The molecule has 22 heavy (non-hydrogen) atoms. The van der Waals surface area contributed by atoms with Crippen molar-refractivity contribution < 1.29 is 9.18 Å². The van der Waals surface area contributed by atoms with Crippen molar-refractivity contribution in [2.75, 3.05) is 10.6 Å². The molecule has 2 aromatic carbocycles. The van der Waals surface area contributed by atoms with Gasteiger partial charge in [-0.2, -0.15) is 5.26 Å². The minimum atomic E-state index is -0.555. The van der Waals surface area contributed by atoms with Gasteiger partial charge in [-0.1, -0.05) is 30.3 Å². The van der Waals surface area contributed by atoms with Crippen LogP contribution in [0.1, 0.15) is 5.56 Å². The Morgan fingerprint density at radius 3 is 2.41 bits per heavy atom. The van der Waals surface area contributed by atoms with E-state index in [1.807, 2.05) is 19.1 Å². The maximum Gasteiger partial charge on any atom is 0.267 e. The van der Waals surface area contributed by atoms with Crippen LogP contribution in [0.15, 0.2) is 60.3 Å². The summed E-state index contributed by atoms with van der Waals surface area (Å²) >= 11 is 0. The first-order valence-electron chi connectivity index (χ1n) is 6.60. The molecule has 4 nitrogen and oxygen atoms in total. The van der Waals surface area contributed by atoms with Crippen molar-refractivity contribution in [2.24, 2.45) is 0 Å². The quantitative estimate of drug-likeness (QED) is 0.669. The average molecular weight is 295 g/mol.